The van der Waals surface area contributed by atoms with Crippen molar-refractivity contribution in [1.82, 2.24) is 19.8 Å². The van der Waals surface area contributed by atoms with E-state index in [0.29, 0.717) is 24.8 Å². The Morgan fingerprint density at radius 1 is 1.18 bits per heavy atom. The quantitative estimate of drug-likeness (QED) is 0.478. The maximum Gasteiger partial charge on any atom is 0.243 e. The predicted octanol–water partition coefficient (Wildman–Crippen LogP) is 1.00. The molecule has 2 fully saturated rings. The van der Waals surface area contributed by atoms with Crippen LogP contribution in [0.3, 0.4) is 0 Å². The Labute approximate surface area is 170 Å². The number of sulfonamides is 1. The molecule has 0 radical (unpaired) electrons. The van der Waals surface area contributed by atoms with E-state index in [2.05, 4.69) is 28.9 Å². The molecule has 162 valence electrons. The number of rotatable bonds is 7. The van der Waals surface area contributed by atoms with Gasteiger partial charge in [0.2, 0.25) is 15.9 Å². The highest BCUT2D eigenvalue weighted by Gasteiger charge is 2.34. The van der Waals surface area contributed by atoms with E-state index in [1.807, 2.05) is 4.90 Å². The lowest BCUT2D eigenvalue weighted by Gasteiger charge is -2.35. The van der Waals surface area contributed by atoms with Crippen molar-refractivity contribution >= 4 is 21.9 Å². The summed E-state index contributed by atoms with van der Waals surface area (Å²) in [5, 5.41) is 2.87. The van der Waals surface area contributed by atoms with E-state index in [1.165, 1.54) is 4.90 Å². The second-order valence-corrected chi connectivity index (χ2v) is 10.5. The van der Waals surface area contributed by atoms with Gasteiger partial charge >= 0.3 is 0 Å². The summed E-state index contributed by atoms with van der Waals surface area (Å²) >= 11 is 0. The fourth-order valence-corrected chi connectivity index (χ4v) is 5.35. The van der Waals surface area contributed by atoms with E-state index in [0.717, 1.165) is 45.2 Å². The van der Waals surface area contributed by atoms with Crippen molar-refractivity contribution in [3.05, 3.63) is 0 Å². The van der Waals surface area contributed by atoms with Gasteiger partial charge < -0.3 is 15.1 Å². The minimum atomic E-state index is -3.36. The molecular formula is C19H37N5O3S. The first-order valence-electron chi connectivity index (χ1n) is 10.4. The molecule has 1 aliphatic heterocycles. The zero-order valence-electron chi connectivity index (χ0n) is 17.8. The number of nitrogens with zero attached hydrogens (tertiary/aromatic N) is 3. The number of hydrogen-bond acceptors (Lipinski definition) is 4. The molecule has 0 aromatic rings. The Morgan fingerprint density at radius 3 is 2.46 bits per heavy atom. The molecule has 1 aliphatic carbocycles. The smallest absolute Gasteiger partial charge is 0.243 e. The van der Waals surface area contributed by atoms with Gasteiger partial charge in [0, 0.05) is 39.8 Å². The number of aliphatic imine (C=N–C) groups is 1. The summed E-state index contributed by atoms with van der Waals surface area (Å²) in [7, 11) is 0.0524. The van der Waals surface area contributed by atoms with Crippen molar-refractivity contribution in [3.63, 3.8) is 0 Å². The van der Waals surface area contributed by atoms with Gasteiger partial charge in [-0.3, -0.25) is 4.79 Å². The van der Waals surface area contributed by atoms with E-state index >= 15 is 0 Å². The Hall–Kier alpha value is -1.35. The van der Waals surface area contributed by atoms with Gasteiger partial charge in [-0.15, -0.1) is 0 Å². The van der Waals surface area contributed by atoms with Crippen LogP contribution in [0.4, 0.5) is 0 Å². The molecule has 0 spiro atoms. The summed E-state index contributed by atoms with van der Waals surface area (Å²) in [6.45, 7) is 6.14. The Bertz CT molecular complexity index is 642. The standard InChI is InChI=1S/C19H37N5O3S/c1-15(2)12-20-19(21-13-18(25)23(3)4)24-11-7-10-17(14-24)28(26,27)22-16-8-5-6-9-16/h15-17,22H,5-14H2,1-4H3,(H,20,21). The average Bonchev–Trinajstić information content (AvgIpc) is 3.13. The molecule has 9 heteroatoms. The van der Waals surface area contributed by atoms with E-state index in [-0.39, 0.29) is 18.5 Å². The second-order valence-electron chi connectivity index (χ2n) is 8.56. The lowest BCUT2D eigenvalue weighted by Crippen LogP contribution is -2.53. The van der Waals surface area contributed by atoms with Crippen LogP contribution in [0.5, 0.6) is 0 Å². The van der Waals surface area contributed by atoms with Crippen molar-refractivity contribution in [2.75, 3.05) is 40.3 Å². The van der Waals surface area contributed by atoms with Crippen molar-refractivity contribution in [3.8, 4) is 0 Å². The number of carbonyl (C=O) groups excluding carboxylic acids is 1. The third-order valence-corrected chi connectivity index (χ3v) is 7.26. The van der Waals surface area contributed by atoms with Crippen LogP contribution in [0.15, 0.2) is 4.99 Å². The maximum absolute atomic E-state index is 12.9. The zero-order valence-corrected chi connectivity index (χ0v) is 18.6. The molecular weight excluding hydrogens is 378 g/mol. The van der Waals surface area contributed by atoms with Crippen LogP contribution in [-0.2, 0) is 14.8 Å². The van der Waals surface area contributed by atoms with Gasteiger partial charge in [-0.2, -0.15) is 0 Å². The number of nitrogens with one attached hydrogen (secondary N) is 2. The molecule has 1 atom stereocenters. The average molecular weight is 416 g/mol. The maximum atomic E-state index is 12.9. The van der Waals surface area contributed by atoms with Crippen molar-refractivity contribution < 1.29 is 13.2 Å². The molecule has 2 N–H and O–H groups in total. The third-order valence-electron chi connectivity index (χ3n) is 5.33. The highest BCUT2D eigenvalue weighted by Crippen LogP contribution is 2.22. The normalized spacial score (nSPS) is 22.0. The summed E-state index contributed by atoms with van der Waals surface area (Å²) < 4.78 is 28.7. The monoisotopic (exact) mass is 415 g/mol. The van der Waals surface area contributed by atoms with Crippen LogP contribution in [-0.4, -0.2) is 81.7 Å². The van der Waals surface area contributed by atoms with Crippen LogP contribution < -0.4 is 10.0 Å². The lowest BCUT2D eigenvalue weighted by molar-refractivity contribution is -0.127. The minimum absolute atomic E-state index is 0.0572. The van der Waals surface area contributed by atoms with E-state index in [9.17, 15) is 13.2 Å². The molecule has 0 bridgehead atoms. The fourth-order valence-electron chi connectivity index (χ4n) is 3.60. The Morgan fingerprint density at radius 2 is 1.86 bits per heavy atom. The fraction of sp³-hybridized carbons (Fsp3) is 0.895. The van der Waals surface area contributed by atoms with E-state index in [4.69, 9.17) is 0 Å². The molecule has 0 aromatic carbocycles. The number of amides is 1. The van der Waals surface area contributed by atoms with E-state index in [1.54, 1.807) is 14.1 Å². The molecule has 2 aliphatic rings. The molecule has 28 heavy (non-hydrogen) atoms. The summed E-state index contributed by atoms with van der Waals surface area (Å²) in [6, 6.07) is 0.0882. The van der Waals surface area contributed by atoms with Gasteiger partial charge in [0.15, 0.2) is 5.96 Å². The molecule has 1 heterocycles. The molecule has 8 nitrogen and oxygen atoms in total. The van der Waals surface area contributed by atoms with Gasteiger partial charge in [0.1, 0.15) is 6.54 Å². The van der Waals surface area contributed by atoms with Gasteiger partial charge in [-0.05, 0) is 31.6 Å². The Balaban J connectivity index is 2.07. The van der Waals surface area contributed by atoms with Gasteiger partial charge in [0.05, 0.1) is 5.25 Å². The molecule has 1 amide bonds. The van der Waals surface area contributed by atoms with E-state index < -0.39 is 15.3 Å². The number of likely N-dealkylation sites (tertiary alicyclic amines) is 1. The SMILES string of the molecule is CC(C)CNC(=NCC(=O)N(C)C)N1CCCC(S(=O)(=O)NC2CCCC2)C1. The topological polar surface area (TPSA) is 94.1 Å². The summed E-state index contributed by atoms with van der Waals surface area (Å²) in [4.78, 5) is 19.9. The van der Waals surface area contributed by atoms with Crippen LogP contribution in [0, 0.1) is 5.92 Å². The predicted molar refractivity (Wildman–Crippen MR) is 113 cm³/mol. The van der Waals surface area contributed by atoms with Crippen LogP contribution in [0.25, 0.3) is 0 Å². The van der Waals surface area contributed by atoms with Gasteiger partial charge in [-0.25, -0.2) is 18.1 Å². The van der Waals surface area contributed by atoms with Crippen LogP contribution >= 0.6 is 0 Å². The zero-order chi connectivity index (χ0) is 20.7. The number of carbonyl (C=O) groups is 1. The molecule has 1 saturated carbocycles. The lowest BCUT2D eigenvalue weighted by atomic mass is 10.1. The first kappa shape index (κ1) is 22.9. The van der Waals surface area contributed by atoms with Crippen molar-refractivity contribution in [1.29, 1.82) is 0 Å². The summed E-state index contributed by atoms with van der Waals surface area (Å²) in [5.41, 5.74) is 0. The third kappa shape index (κ3) is 6.92. The van der Waals surface area contributed by atoms with Gasteiger partial charge in [0.25, 0.3) is 0 Å². The van der Waals surface area contributed by atoms with Crippen molar-refractivity contribution in [2.24, 2.45) is 10.9 Å². The van der Waals surface area contributed by atoms with Crippen molar-refractivity contribution in [2.45, 2.75) is 63.7 Å². The second kappa shape index (κ2) is 10.4. The number of hydrogen-bond donors (Lipinski definition) is 2. The largest absolute Gasteiger partial charge is 0.356 e. The summed E-state index contributed by atoms with van der Waals surface area (Å²) in [6.07, 6.45) is 5.52. The summed E-state index contributed by atoms with van der Waals surface area (Å²) in [5.74, 6) is 0.973. The first-order valence-corrected chi connectivity index (χ1v) is 12.0. The van der Waals surface area contributed by atoms with Crippen LogP contribution in [0.2, 0.25) is 0 Å². The highest BCUT2D eigenvalue weighted by atomic mass is 32.2. The highest BCUT2D eigenvalue weighted by molar-refractivity contribution is 7.90. The molecule has 2 rings (SSSR count). The molecule has 1 unspecified atom stereocenters. The first-order chi connectivity index (χ1) is 13.2. The number of piperidine rings is 1. The molecule has 0 aromatic heterocycles. The molecule has 1 saturated heterocycles. The van der Waals surface area contributed by atoms with Gasteiger partial charge in [-0.1, -0.05) is 26.7 Å². The number of guanidine groups is 1. The van der Waals surface area contributed by atoms with Crippen LogP contribution in [0.1, 0.15) is 52.4 Å². The number of likely N-dealkylation sites (N-methyl/N-ethyl adjacent to an activating group) is 1. The minimum Gasteiger partial charge on any atom is -0.356 e. The Kier molecular flexibility index (Phi) is 8.55.